The fraction of sp³-hybridized carbons (Fsp3) is 0.0952. The Labute approximate surface area is 142 Å². The Morgan fingerprint density at radius 3 is 2.96 bits per heavy atom. The second-order valence-corrected chi connectivity index (χ2v) is 5.15. The van der Waals surface area contributed by atoms with Crippen LogP contribution in [0.2, 0.25) is 0 Å². The van der Waals surface area contributed by atoms with Crippen molar-refractivity contribution in [3.63, 3.8) is 0 Å². The van der Waals surface area contributed by atoms with Crippen LogP contribution in [0.4, 0.5) is 10.1 Å². The molecule has 0 saturated heterocycles. The highest BCUT2D eigenvalue weighted by Gasteiger charge is 2.03. The van der Waals surface area contributed by atoms with Crippen molar-refractivity contribution in [1.29, 1.82) is 0 Å². The fourth-order valence-electron chi connectivity index (χ4n) is 2.10. The predicted octanol–water partition coefficient (Wildman–Crippen LogP) is 4.98. The van der Waals surface area contributed by atoms with Crippen LogP contribution in [-0.4, -0.2) is 6.21 Å². The van der Waals surface area contributed by atoms with Gasteiger partial charge >= 0.3 is 0 Å². The molecule has 0 radical (unpaired) electrons. The molecule has 0 spiro atoms. The lowest BCUT2D eigenvalue weighted by Gasteiger charge is -2.05. The van der Waals surface area contributed by atoms with E-state index in [4.69, 9.17) is 5.73 Å². The van der Waals surface area contributed by atoms with Crippen molar-refractivity contribution in [2.75, 3.05) is 5.73 Å². The molecule has 3 heteroatoms. The number of benzene rings is 1. The molecule has 1 aliphatic rings. The maximum atomic E-state index is 13.2. The van der Waals surface area contributed by atoms with Crippen molar-refractivity contribution >= 4 is 17.5 Å². The van der Waals surface area contributed by atoms with Crippen LogP contribution < -0.4 is 5.73 Å². The number of allylic oxidation sites excluding steroid dienone is 8. The second kappa shape index (κ2) is 8.50. The van der Waals surface area contributed by atoms with Crippen LogP contribution in [0.3, 0.4) is 0 Å². The highest BCUT2D eigenvalue weighted by atomic mass is 19.1. The Bertz CT molecular complexity index is 840. The Hall–Kier alpha value is -3.12. The molecule has 2 rings (SSSR count). The maximum Gasteiger partial charge on any atom is 0.122 e. The summed E-state index contributed by atoms with van der Waals surface area (Å²) in [5, 5.41) is 0. The van der Waals surface area contributed by atoms with Gasteiger partial charge in [-0.15, -0.1) is 0 Å². The third-order valence-corrected chi connectivity index (χ3v) is 3.32. The second-order valence-electron chi connectivity index (χ2n) is 5.15. The zero-order valence-corrected chi connectivity index (χ0v) is 13.6. The minimum Gasteiger partial charge on any atom is -0.399 e. The van der Waals surface area contributed by atoms with E-state index in [1.807, 2.05) is 31.2 Å². The van der Waals surface area contributed by atoms with Gasteiger partial charge in [-0.3, -0.25) is 4.99 Å². The quantitative estimate of drug-likeness (QED) is 0.363. The standard InChI is InChI=1S/C21H19FN2/c1-3-24-14-13-16(2)21-12-11-20(23)15-18(21)9-7-17-5-4-6-19(22)10-8-17/h3-4,6,8,10-15H,2,5,23H2,1H3/b14-13-,24-3?. The van der Waals surface area contributed by atoms with Gasteiger partial charge in [0, 0.05) is 29.2 Å². The number of hydrogen-bond acceptors (Lipinski definition) is 2. The number of anilines is 1. The number of nitrogen functional groups attached to an aromatic ring is 1. The van der Waals surface area contributed by atoms with Crippen LogP contribution in [-0.2, 0) is 0 Å². The van der Waals surface area contributed by atoms with Gasteiger partial charge in [0.25, 0.3) is 0 Å². The zero-order chi connectivity index (χ0) is 17.4. The summed E-state index contributed by atoms with van der Waals surface area (Å²) in [5.41, 5.74) is 9.82. The van der Waals surface area contributed by atoms with Gasteiger partial charge in [0.1, 0.15) is 5.83 Å². The normalized spacial score (nSPS) is 14.1. The minimum atomic E-state index is -0.272. The van der Waals surface area contributed by atoms with Crippen molar-refractivity contribution < 1.29 is 4.39 Å². The van der Waals surface area contributed by atoms with E-state index < -0.39 is 0 Å². The molecule has 1 aromatic carbocycles. The van der Waals surface area contributed by atoms with Gasteiger partial charge in [-0.05, 0) is 60.9 Å². The van der Waals surface area contributed by atoms with Crippen LogP contribution in [0.5, 0.6) is 0 Å². The molecular weight excluding hydrogens is 299 g/mol. The van der Waals surface area contributed by atoms with Crippen LogP contribution in [0.15, 0.2) is 77.8 Å². The molecule has 2 nitrogen and oxygen atoms in total. The van der Waals surface area contributed by atoms with E-state index in [1.54, 1.807) is 24.6 Å². The number of aliphatic imine (C=N–C) groups is 1. The number of halogens is 1. The average Bonchev–Trinajstić information content (AvgIpc) is 2.77. The third-order valence-electron chi connectivity index (χ3n) is 3.32. The molecule has 0 saturated carbocycles. The zero-order valence-electron chi connectivity index (χ0n) is 13.6. The molecule has 120 valence electrons. The molecule has 0 unspecified atom stereocenters. The predicted molar refractivity (Wildman–Crippen MR) is 101 cm³/mol. The number of nitrogens with zero attached hydrogens (tertiary/aromatic N) is 1. The molecule has 0 bridgehead atoms. The summed E-state index contributed by atoms with van der Waals surface area (Å²) in [5.74, 6) is 5.94. The molecule has 24 heavy (non-hydrogen) atoms. The Kier molecular flexibility index (Phi) is 6.10. The average molecular weight is 318 g/mol. The monoisotopic (exact) mass is 318 g/mol. The molecule has 1 aromatic rings. The lowest BCUT2D eigenvalue weighted by Crippen LogP contribution is -1.91. The summed E-state index contributed by atoms with van der Waals surface area (Å²) >= 11 is 0. The summed E-state index contributed by atoms with van der Waals surface area (Å²) in [6.07, 6.45) is 12.1. The summed E-state index contributed by atoms with van der Waals surface area (Å²) in [6, 6.07) is 5.52. The van der Waals surface area contributed by atoms with E-state index in [0.29, 0.717) is 12.1 Å². The molecule has 0 atom stereocenters. The van der Waals surface area contributed by atoms with Gasteiger partial charge < -0.3 is 5.73 Å². The largest absolute Gasteiger partial charge is 0.399 e. The van der Waals surface area contributed by atoms with Crippen LogP contribution in [0.25, 0.3) is 5.57 Å². The van der Waals surface area contributed by atoms with E-state index in [1.165, 1.54) is 12.2 Å². The Morgan fingerprint density at radius 2 is 2.17 bits per heavy atom. The Balaban J connectivity index is 2.34. The molecule has 0 heterocycles. The van der Waals surface area contributed by atoms with E-state index in [-0.39, 0.29) is 5.83 Å². The summed E-state index contributed by atoms with van der Waals surface area (Å²) in [4.78, 5) is 4.04. The first-order chi connectivity index (χ1) is 11.6. The van der Waals surface area contributed by atoms with Crippen LogP contribution in [0.1, 0.15) is 24.5 Å². The van der Waals surface area contributed by atoms with E-state index in [9.17, 15) is 4.39 Å². The summed E-state index contributed by atoms with van der Waals surface area (Å²) in [6.45, 7) is 5.90. The van der Waals surface area contributed by atoms with Gasteiger partial charge in [-0.1, -0.05) is 30.6 Å². The van der Waals surface area contributed by atoms with Crippen molar-refractivity contribution in [3.8, 4) is 11.8 Å². The number of hydrogen-bond donors (Lipinski definition) is 1. The van der Waals surface area contributed by atoms with Gasteiger partial charge in [0.15, 0.2) is 0 Å². The van der Waals surface area contributed by atoms with Crippen molar-refractivity contribution in [1.82, 2.24) is 0 Å². The Morgan fingerprint density at radius 1 is 1.33 bits per heavy atom. The van der Waals surface area contributed by atoms with Crippen LogP contribution in [0, 0.1) is 11.8 Å². The minimum absolute atomic E-state index is 0.272. The lowest BCUT2D eigenvalue weighted by molar-refractivity contribution is 0.667. The number of nitrogens with two attached hydrogens (primary N) is 1. The molecular formula is C21H19FN2. The molecule has 0 aliphatic heterocycles. The first-order valence-electron chi connectivity index (χ1n) is 7.58. The topological polar surface area (TPSA) is 38.4 Å². The van der Waals surface area contributed by atoms with E-state index in [0.717, 1.165) is 22.3 Å². The molecule has 2 N–H and O–H groups in total. The maximum absolute atomic E-state index is 13.2. The first kappa shape index (κ1) is 17.2. The molecule has 1 aliphatic carbocycles. The van der Waals surface area contributed by atoms with Crippen LogP contribution >= 0.6 is 0 Å². The smallest absolute Gasteiger partial charge is 0.122 e. The fourth-order valence-corrected chi connectivity index (χ4v) is 2.10. The van der Waals surface area contributed by atoms with Gasteiger partial charge in [0.05, 0.1) is 0 Å². The lowest BCUT2D eigenvalue weighted by atomic mass is 9.99. The van der Waals surface area contributed by atoms with Gasteiger partial charge in [-0.2, -0.15) is 0 Å². The van der Waals surface area contributed by atoms with E-state index >= 15 is 0 Å². The summed E-state index contributed by atoms with van der Waals surface area (Å²) < 4.78 is 13.2. The highest BCUT2D eigenvalue weighted by Crippen LogP contribution is 2.21. The summed E-state index contributed by atoms with van der Waals surface area (Å²) in [7, 11) is 0. The number of rotatable bonds is 3. The van der Waals surface area contributed by atoms with Gasteiger partial charge in [-0.25, -0.2) is 4.39 Å². The van der Waals surface area contributed by atoms with Crippen molar-refractivity contribution in [2.24, 2.45) is 4.99 Å². The molecule has 0 amide bonds. The molecule has 0 aromatic heterocycles. The SMILES string of the molecule is C=C(/C=C\N=CC)c1ccc(N)cc1C#CC1=CC=C(F)C=CC1. The van der Waals surface area contributed by atoms with Gasteiger partial charge in [0.2, 0.25) is 0 Å². The first-order valence-corrected chi connectivity index (χ1v) is 7.58. The van der Waals surface area contributed by atoms with Crippen molar-refractivity contribution in [3.05, 3.63) is 83.9 Å². The van der Waals surface area contributed by atoms with Crippen molar-refractivity contribution in [2.45, 2.75) is 13.3 Å². The highest BCUT2D eigenvalue weighted by molar-refractivity contribution is 5.78. The molecule has 0 fully saturated rings. The third kappa shape index (κ3) is 4.96. The van der Waals surface area contributed by atoms with E-state index in [2.05, 4.69) is 23.4 Å².